The molecule has 0 radical (unpaired) electrons. The van der Waals surface area contributed by atoms with Crippen LogP contribution in [0.2, 0.25) is 0 Å². The summed E-state index contributed by atoms with van der Waals surface area (Å²) in [6, 6.07) is 0. The van der Waals surface area contributed by atoms with Crippen molar-refractivity contribution in [1.29, 1.82) is 0 Å². The van der Waals surface area contributed by atoms with Crippen molar-refractivity contribution in [2.45, 2.75) is 70.9 Å². The lowest BCUT2D eigenvalue weighted by molar-refractivity contribution is 0.00971. The molecule has 144 valence electrons. The van der Waals surface area contributed by atoms with Gasteiger partial charge in [-0.2, -0.15) is 9.97 Å². The number of aromatic amines is 1. The summed E-state index contributed by atoms with van der Waals surface area (Å²) in [6.07, 6.45) is 9.10. The Morgan fingerprint density at radius 1 is 1.31 bits per heavy atom. The number of aryl methyl sites for hydroxylation is 1. The summed E-state index contributed by atoms with van der Waals surface area (Å²) in [6.45, 7) is 4.42. The SMILES string of the molecule is CCCCNc1nc(N)c2[nH]c(=O)n(CCCCC3CCCCO3)c2n1. The first-order valence-corrected chi connectivity index (χ1v) is 9.80. The van der Waals surface area contributed by atoms with Gasteiger partial charge in [-0.1, -0.05) is 13.3 Å². The maximum absolute atomic E-state index is 12.3. The fraction of sp³-hybridized carbons (Fsp3) is 0.722. The predicted octanol–water partition coefficient (Wildman–Crippen LogP) is 2.65. The van der Waals surface area contributed by atoms with Gasteiger partial charge in [-0.05, 0) is 44.9 Å². The predicted molar refractivity (Wildman–Crippen MR) is 103 cm³/mol. The van der Waals surface area contributed by atoms with Gasteiger partial charge in [0, 0.05) is 19.7 Å². The molecule has 0 spiro atoms. The van der Waals surface area contributed by atoms with E-state index in [1.807, 2.05) is 0 Å². The largest absolute Gasteiger partial charge is 0.382 e. The van der Waals surface area contributed by atoms with Gasteiger partial charge in [0.2, 0.25) is 5.95 Å². The molecule has 4 N–H and O–H groups in total. The van der Waals surface area contributed by atoms with Crippen LogP contribution in [0.5, 0.6) is 0 Å². The maximum Gasteiger partial charge on any atom is 0.327 e. The van der Waals surface area contributed by atoms with Crippen LogP contribution >= 0.6 is 0 Å². The van der Waals surface area contributed by atoms with Gasteiger partial charge in [0.1, 0.15) is 5.52 Å². The smallest absolute Gasteiger partial charge is 0.327 e. The Bertz CT molecular complexity index is 763. The normalized spacial score (nSPS) is 17.7. The molecule has 0 saturated carbocycles. The van der Waals surface area contributed by atoms with Crippen molar-refractivity contribution in [2.24, 2.45) is 0 Å². The van der Waals surface area contributed by atoms with E-state index < -0.39 is 0 Å². The summed E-state index contributed by atoms with van der Waals surface area (Å²) in [5.41, 5.74) is 6.92. The molecule has 2 aromatic heterocycles. The highest BCUT2D eigenvalue weighted by Crippen LogP contribution is 2.19. The zero-order valence-electron chi connectivity index (χ0n) is 15.6. The van der Waals surface area contributed by atoms with Crippen LogP contribution in [0.25, 0.3) is 11.2 Å². The van der Waals surface area contributed by atoms with Crippen molar-refractivity contribution < 1.29 is 4.74 Å². The molecular formula is C18H30N6O2. The molecule has 2 aromatic rings. The Labute approximate surface area is 153 Å². The summed E-state index contributed by atoms with van der Waals surface area (Å²) in [5.74, 6) is 0.784. The average molecular weight is 362 g/mol. The van der Waals surface area contributed by atoms with Gasteiger partial charge in [0.15, 0.2) is 11.5 Å². The van der Waals surface area contributed by atoms with Gasteiger partial charge in [-0.25, -0.2) is 4.79 Å². The first kappa shape index (κ1) is 18.7. The molecule has 0 aromatic carbocycles. The lowest BCUT2D eigenvalue weighted by Gasteiger charge is -2.22. The summed E-state index contributed by atoms with van der Waals surface area (Å²) in [5, 5.41) is 3.18. The van der Waals surface area contributed by atoms with E-state index in [2.05, 4.69) is 27.2 Å². The van der Waals surface area contributed by atoms with Crippen LogP contribution in [0.1, 0.15) is 58.3 Å². The number of nitrogens with one attached hydrogen (secondary N) is 2. The third-order valence-electron chi connectivity index (χ3n) is 4.90. The zero-order valence-corrected chi connectivity index (χ0v) is 15.6. The number of rotatable bonds is 9. The molecular weight excluding hydrogens is 332 g/mol. The molecule has 1 aliphatic rings. The van der Waals surface area contributed by atoms with Crippen molar-refractivity contribution in [1.82, 2.24) is 19.5 Å². The molecule has 3 rings (SSSR count). The lowest BCUT2D eigenvalue weighted by Crippen LogP contribution is -2.20. The minimum Gasteiger partial charge on any atom is -0.382 e. The Morgan fingerprint density at radius 2 is 2.19 bits per heavy atom. The number of ether oxygens (including phenoxy) is 1. The van der Waals surface area contributed by atoms with E-state index in [1.54, 1.807) is 4.57 Å². The monoisotopic (exact) mass is 362 g/mol. The number of nitrogens with two attached hydrogens (primary N) is 1. The molecule has 8 heteroatoms. The van der Waals surface area contributed by atoms with Crippen LogP contribution in [0.3, 0.4) is 0 Å². The second-order valence-electron chi connectivity index (χ2n) is 6.98. The van der Waals surface area contributed by atoms with Crippen LogP contribution in [0.15, 0.2) is 4.79 Å². The fourth-order valence-corrected chi connectivity index (χ4v) is 3.39. The molecule has 1 saturated heterocycles. The molecule has 1 unspecified atom stereocenters. The van der Waals surface area contributed by atoms with Crippen molar-refractivity contribution in [3.8, 4) is 0 Å². The van der Waals surface area contributed by atoms with Gasteiger partial charge in [-0.3, -0.25) is 4.57 Å². The van der Waals surface area contributed by atoms with Crippen LogP contribution in [-0.4, -0.2) is 38.8 Å². The number of unbranched alkanes of at least 4 members (excludes halogenated alkanes) is 2. The third-order valence-corrected chi connectivity index (χ3v) is 4.90. The lowest BCUT2D eigenvalue weighted by atomic mass is 10.0. The molecule has 0 bridgehead atoms. The second-order valence-corrected chi connectivity index (χ2v) is 6.98. The van der Waals surface area contributed by atoms with E-state index in [4.69, 9.17) is 10.5 Å². The Kier molecular flexibility index (Phi) is 6.49. The van der Waals surface area contributed by atoms with Crippen LogP contribution in [0.4, 0.5) is 11.8 Å². The number of imidazole rings is 1. The second kappa shape index (κ2) is 9.02. The Hall–Kier alpha value is -2.09. The molecule has 0 amide bonds. The highest BCUT2D eigenvalue weighted by molar-refractivity contribution is 5.82. The van der Waals surface area contributed by atoms with E-state index in [0.29, 0.717) is 35.6 Å². The Balaban J connectivity index is 1.64. The first-order valence-electron chi connectivity index (χ1n) is 9.80. The van der Waals surface area contributed by atoms with Gasteiger partial charge >= 0.3 is 5.69 Å². The summed E-state index contributed by atoms with van der Waals surface area (Å²) >= 11 is 0. The summed E-state index contributed by atoms with van der Waals surface area (Å²) in [4.78, 5) is 23.8. The minimum absolute atomic E-state index is 0.180. The average Bonchev–Trinajstić information content (AvgIpc) is 2.96. The number of fused-ring (bicyclic) bond motifs is 1. The maximum atomic E-state index is 12.3. The molecule has 8 nitrogen and oxygen atoms in total. The number of H-pyrrole nitrogens is 1. The van der Waals surface area contributed by atoms with Gasteiger partial charge in [0.05, 0.1) is 6.10 Å². The van der Waals surface area contributed by atoms with E-state index in [-0.39, 0.29) is 5.69 Å². The minimum atomic E-state index is -0.180. The van der Waals surface area contributed by atoms with E-state index in [0.717, 1.165) is 51.7 Å². The van der Waals surface area contributed by atoms with Crippen LogP contribution in [-0.2, 0) is 11.3 Å². The standard InChI is InChI=1S/C18H30N6O2/c1-2-3-10-20-17-22-15(19)14-16(23-17)24(18(25)21-14)11-6-4-8-13-9-5-7-12-26-13/h13H,2-12H2,1H3,(H,21,25)(H3,19,20,22,23). The fourth-order valence-electron chi connectivity index (χ4n) is 3.39. The van der Waals surface area contributed by atoms with Crippen molar-refractivity contribution in [3.63, 3.8) is 0 Å². The molecule has 1 aliphatic heterocycles. The molecule has 0 aliphatic carbocycles. The topological polar surface area (TPSA) is 111 Å². The number of aromatic nitrogens is 4. The van der Waals surface area contributed by atoms with E-state index >= 15 is 0 Å². The highest BCUT2D eigenvalue weighted by atomic mass is 16.5. The molecule has 1 atom stereocenters. The van der Waals surface area contributed by atoms with Crippen molar-refractivity contribution >= 4 is 22.9 Å². The third kappa shape index (κ3) is 4.55. The highest BCUT2D eigenvalue weighted by Gasteiger charge is 2.15. The Morgan fingerprint density at radius 3 is 2.96 bits per heavy atom. The quantitative estimate of drug-likeness (QED) is 0.591. The van der Waals surface area contributed by atoms with E-state index in [1.165, 1.54) is 12.8 Å². The summed E-state index contributed by atoms with van der Waals surface area (Å²) < 4.78 is 7.43. The summed E-state index contributed by atoms with van der Waals surface area (Å²) in [7, 11) is 0. The molecule has 3 heterocycles. The zero-order chi connectivity index (χ0) is 18.4. The molecule has 26 heavy (non-hydrogen) atoms. The molecule has 1 fully saturated rings. The number of hydrogen-bond donors (Lipinski definition) is 3. The van der Waals surface area contributed by atoms with Gasteiger partial charge in [-0.15, -0.1) is 0 Å². The number of nitrogens with zero attached hydrogens (tertiary/aromatic N) is 3. The first-order chi connectivity index (χ1) is 12.7. The van der Waals surface area contributed by atoms with E-state index in [9.17, 15) is 4.79 Å². The number of nitrogen functional groups attached to an aromatic ring is 1. The number of anilines is 2. The van der Waals surface area contributed by atoms with Crippen molar-refractivity contribution in [3.05, 3.63) is 10.5 Å². The van der Waals surface area contributed by atoms with Gasteiger partial charge < -0.3 is 20.8 Å². The van der Waals surface area contributed by atoms with Crippen LogP contribution in [0, 0.1) is 0 Å². The number of hydrogen-bond acceptors (Lipinski definition) is 6. The van der Waals surface area contributed by atoms with Crippen molar-refractivity contribution in [2.75, 3.05) is 24.2 Å². The van der Waals surface area contributed by atoms with Gasteiger partial charge in [0.25, 0.3) is 0 Å². The van der Waals surface area contributed by atoms with Crippen LogP contribution < -0.4 is 16.7 Å².